The molecule has 1 fully saturated rings. The lowest BCUT2D eigenvalue weighted by Gasteiger charge is -2.32. The fourth-order valence-electron chi connectivity index (χ4n) is 2.20. The lowest BCUT2D eigenvalue weighted by Crippen LogP contribution is -2.35. The second-order valence-corrected chi connectivity index (χ2v) is 5.27. The van der Waals surface area contributed by atoms with Crippen molar-refractivity contribution >= 4 is 27.4 Å². The highest BCUT2D eigenvalue weighted by Gasteiger charge is 2.22. The van der Waals surface area contributed by atoms with E-state index in [1.807, 2.05) is 0 Å². The van der Waals surface area contributed by atoms with E-state index in [0.717, 1.165) is 30.2 Å². The molecule has 2 rings (SSSR count). The average molecular weight is 282 g/mol. The zero-order chi connectivity index (χ0) is 11.5. The van der Waals surface area contributed by atoms with Crippen LogP contribution in [0.4, 0.5) is 5.69 Å². The number of benzene rings is 1. The van der Waals surface area contributed by atoms with Gasteiger partial charge in [-0.25, -0.2) is 0 Å². The van der Waals surface area contributed by atoms with E-state index < -0.39 is 0 Å². The molecule has 1 saturated carbocycles. The summed E-state index contributed by atoms with van der Waals surface area (Å²) in [7, 11) is 2.11. The summed E-state index contributed by atoms with van der Waals surface area (Å²) >= 11 is 3.44. The molecule has 0 heterocycles. The Labute approximate surface area is 105 Å². The quantitative estimate of drug-likeness (QED) is 0.828. The number of carbonyl (C=O) groups is 1. The molecule has 0 atom stereocenters. The summed E-state index contributed by atoms with van der Waals surface area (Å²) in [6.07, 6.45) is 3.47. The van der Waals surface area contributed by atoms with Crippen molar-refractivity contribution in [2.24, 2.45) is 0 Å². The maximum atomic E-state index is 11.2. The molecule has 0 aliphatic heterocycles. The summed E-state index contributed by atoms with van der Waals surface area (Å²) in [5, 5.41) is 0. The van der Waals surface area contributed by atoms with Gasteiger partial charge in [-0.2, -0.15) is 0 Å². The fraction of sp³-hybridized carbons (Fsp3) is 0.462. The van der Waals surface area contributed by atoms with Crippen LogP contribution in [-0.2, 0) is 4.79 Å². The molecule has 86 valence electrons. The molecule has 3 heteroatoms. The van der Waals surface area contributed by atoms with Crippen molar-refractivity contribution in [1.82, 2.24) is 0 Å². The summed E-state index contributed by atoms with van der Waals surface area (Å²) in [6.45, 7) is 0. The van der Waals surface area contributed by atoms with Gasteiger partial charge in [-0.15, -0.1) is 0 Å². The highest BCUT2D eigenvalue weighted by molar-refractivity contribution is 9.10. The summed E-state index contributed by atoms with van der Waals surface area (Å²) in [4.78, 5) is 13.5. The molecule has 1 aliphatic carbocycles. The predicted octanol–water partition coefficient (Wildman–Crippen LogP) is 3.40. The van der Waals surface area contributed by atoms with Crippen LogP contribution in [0.25, 0.3) is 0 Å². The number of hydrogen-bond donors (Lipinski definition) is 0. The number of anilines is 1. The minimum absolute atomic E-state index is 0.417. The van der Waals surface area contributed by atoms with Crippen LogP contribution < -0.4 is 4.90 Å². The van der Waals surface area contributed by atoms with Gasteiger partial charge in [0, 0.05) is 36.1 Å². The second kappa shape index (κ2) is 5.00. The van der Waals surface area contributed by atoms with Crippen LogP contribution in [0.3, 0.4) is 0 Å². The number of ketones is 1. The standard InChI is InChI=1S/C13H16BrNO/c1-15(11-4-2-10(14)3-5-11)12-6-8-13(16)9-7-12/h2-5,12H,6-9H2,1H3. The third-order valence-electron chi connectivity index (χ3n) is 3.29. The number of halogens is 1. The highest BCUT2D eigenvalue weighted by atomic mass is 79.9. The fourth-order valence-corrected chi connectivity index (χ4v) is 2.46. The molecule has 0 spiro atoms. The van der Waals surface area contributed by atoms with E-state index >= 15 is 0 Å². The molecular weight excluding hydrogens is 266 g/mol. The minimum atomic E-state index is 0.417. The van der Waals surface area contributed by atoms with Gasteiger partial charge in [0.2, 0.25) is 0 Å². The number of Topliss-reactive ketones (excluding diaryl/α,β-unsaturated/α-hetero) is 1. The maximum Gasteiger partial charge on any atom is 0.133 e. The highest BCUT2D eigenvalue weighted by Crippen LogP contribution is 2.25. The molecule has 1 aromatic rings. The van der Waals surface area contributed by atoms with Gasteiger partial charge in [-0.1, -0.05) is 15.9 Å². The van der Waals surface area contributed by atoms with E-state index in [1.165, 1.54) is 5.69 Å². The SMILES string of the molecule is CN(c1ccc(Br)cc1)C1CCC(=O)CC1. The lowest BCUT2D eigenvalue weighted by molar-refractivity contribution is -0.120. The zero-order valence-corrected chi connectivity index (χ0v) is 11.0. The minimum Gasteiger partial charge on any atom is -0.372 e. The Morgan fingerprint density at radius 3 is 2.31 bits per heavy atom. The van der Waals surface area contributed by atoms with Crippen molar-refractivity contribution in [2.75, 3.05) is 11.9 Å². The molecule has 1 aliphatic rings. The molecule has 0 N–H and O–H groups in total. The third-order valence-corrected chi connectivity index (χ3v) is 3.82. The maximum absolute atomic E-state index is 11.2. The smallest absolute Gasteiger partial charge is 0.133 e. The molecule has 0 saturated heterocycles. The van der Waals surface area contributed by atoms with Crippen molar-refractivity contribution in [3.05, 3.63) is 28.7 Å². The van der Waals surface area contributed by atoms with Gasteiger partial charge in [0.15, 0.2) is 0 Å². The predicted molar refractivity (Wildman–Crippen MR) is 69.8 cm³/mol. The normalized spacial score (nSPS) is 17.5. The zero-order valence-electron chi connectivity index (χ0n) is 9.45. The molecule has 0 amide bonds. The Kier molecular flexibility index (Phi) is 3.64. The molecule has 2 nitrogen and oxygen atoms in total. The summed E-state index contributed by atoms with van der Waals surface area (Å²) in [5.74, 6) is 0.417. The van der Waals surface area contributed by atoms with E-state index in [0.29, 0.717) is 11.8 Å². The largest absolute Gasteiger partial charge is 0.372 e. The first-order valence-corrected chi connectivity index (χ1v) is 6.46. The van der Waals surface area contributed by atoms with E-state index in [9.17, 15) is 4.79 Å². The summed E-state index contributed by atoms with van der Waals surface area (Å²) in [6, 6.07) is 8.85. The summed E-state index contributed by atoms with van der Waals surface area (Å²) < 4.78 is 1.10. The number of nitrogens with zero attached hydrogens (tertiary/aromatic N) is 1. The first-order valence-electron chi connectivity index (χ1n) is 5.67. The second-order valence-electron chi connectivity index (χ2n) is 4.36. The first kappa shape index (κ1) is 11.6. The molecule has 16 heavy (non-hydrogen) atoms. The number of hydrogen-bond acceptors (Lipinski definition) is 2. The Hall–Kier alpha value is -0.830. The topological polar surface area (TPSA) is 20.3 Å². The van der Waals surface area contributed by atoms with Crippen LogP contribution in [0, 0.1) is 0 Å². The van der Waals surface area contributed by atoms with Gasteiger partial charge in [0.05, 0.1) is 0 Å². The Morgan fingerprint density at radius 1 is 1.19 bits per heavy atom. The van der Waals surface area contributed by atoms with Gasteiger partial charge >= 0.3 is 0 Å². The molecule has 0 aromatic heterocycles. The van der Waals surface area contributed by atoms with Crippen molar-refractivity contribution < 1.29 is 4.79 Å². The van der Waals surface area contributed by atoms with Gasteiger partial charge in [0.25, 0.3) is 0 Å². The van der Waals surface area contributed by atoms with Crippen LogP contribution in [0.5, 0.6) is 0 Å². The molecular formula is C13H16BrNO. The van der Waals surface area contributed by atoms with Gasteiger partial charge in [-0.05, 0) is 37.1 Å². The van der Waals surface area contributed by atoms with Gasteiger partial charge in [0.1, 0.15) is 5.78 Å². The Balaban J connectivity index is 2.04. The number of carbonyl (C=O) groups excluding carboxylic acids is 1. The van der Waals surface area contributed by atoms with E-state index in [1.54, 1.807) is 0 Å². The average Bonchev–Trinajstić information content (AvgIpc) is 2.30. The van der Waals surface area contributed by atoms with Crippen LogP contribution in [0.1, 0.15) is 25.7 Å². The third kappa shape index (κ3) is 2.64. The van der Waals surface area contributed by atoms with Crippen LogP contribution in [-0.4, -0.2) is 18.9 Å². The Bertz CT molecular complexity index is 364. The monoisotopic (exact) mass is 281 g/mol. The molecule has 1 aromatic carbocycles. The van der Waals surface area contributed by atoms with E-state index in [-0.39, 0.29) is 0 Å². The van der Waals surface area contributed by atoms with Crippen molar-refractivity contribution in [3.63, 3.8) is 0 Å². The molecule has 0 bridgehead atoms. The van der Waals surface area contributed by atoms with Crippen LogP contribution in [0.2, 0.25) is 0 Å². The molecule has 0 unspecified atom stereocenters. The molecule has 0 radical (unpaired) electrons. The lowest BCUT2D eigenvalue weighted by atomic mass is 9.93. The Morgan fingerprint density at radius 2 is 1.75 bits per heavy atom. The van der Waals surface area contributed by atoms with Crippen LogP contribution >= 0.6 is 15.9 Å². The van der Waals surface area contributed by atoms with Crippen LogP contribution in [0.15, 0.2) is 28.7 Å². The van der Waals surface area contributed by atoms with Crippen molar-refractivity contribution in [3.8, 4) is 0 Å². The van der Waals surface area contributed by atoms with Crippen molar-refractivity contribution in [2.45, 2.75) is 31.7 Å². The van der Waals surface area contributed by atoms with E-state index in [2.05, 4.69) is 52.1 Å². The number of rotatable bonds is 2. The first-order chi connectivity index (χ1) is 7.66. The summed E-state index contributed by atoms with van der Waals surface area (Å²) in [5.41, 5.74) is 1.22. The van der Waals surface area contributed by atoms with Gasteiger partial charge < -0.3 is 4.90 Å². The van der Waals surface area contributed by atoms with E-state index in [4.69, 9.17) is 0 Å². The van der Waals surface area contributed by atoms with Crippen molar-refractivity contribution in [1.29, 1.82) is 0 Å². The van der Waals surface area contributed by atoms with Gasteiger partial charge in [-0.3, -0.25) is 4.79 Å².